The predicted octanol–water partition coefficient (Wildman–Crippen LogP) is 5.45. The lowest BCUT2D eigenvalue weighted by Crippen LogP contribution is -2.55. The number of para-hydroxylation sites is 1. The molecule has 8 nitrogen and oxygen atoms in total. The quantitative estimate of drug-likeness (QED) is 0.247. The summed E-state index contributed by atoms with van der Waals surface area (Å²) >= 11 is 7.52. The number of aryl methyl sites for hydroxylation is 1. The van der Waals surface area contributed by atoms with E-state index >= 15 is 0 Å². The van der Waals surface area contributed by atoms with Crippen molar-refractivity contribution >= 4 is 57.2 Å². The third-order valence-electron chi connectivity index (χ3n) is 7.53. The van der Waals surface area contributed by atoms with Crippen molar-refractivity contribution in [2.24, 2.45) is 0 Å². The number of carbonyl (C=O) groups excluding carboxylic acids is 2. The summed E-state index contributed by atoms with van der Waals surface area (Å²) in [6.45, 7) is 5.99. The Balaban J connectivity index is 1.16. The zero-order valence-corrected chi connectivity index (χ0v) is 24.4. The van der Waals surface area contributed by atoms with Gasteiger partial charge in [0.05, 0.1) is 11.3 Å². The van der Waals surface area contributed by atoms with Crippen LogP contribution in [0.2, 0.25) is 5.02 Å². The summed E-state index contributed by atoms with van der Waals surface area (Å²) < 4.78 is 2.11. The molecule has 0 radical (unpaired) electrons. The molecule has 208 valence electrons. The summed E-state index contributed by atoms with van der Waals surface area (Å²) in [6.07, 6.45) is 0. The smallest absolute Gasteiger partial charge is 0.254 e. The summed E-state index contributed by atoms with van der Waals surface area (Å²) in [7, 11) is 0. The molecule has 0 bridgehead atoms. The van der Waals surface area contributed by atoms with E-state index < -0.39 is 0 Å². The van der Waals surface area contributed by atoms with Crippen molar-refractivity contribution in [3.8, 4) is 0 Å². The molecular weight excluding hydrogens is 556 g/mol. The highest BCUT2D eigenvalue weighted by molar-refractivity contribution is 7.99. The first-order valence-electron chi connectivity index (χ1n) is 13.5. The summed E-state index contributed by atoms with van der Waals surface area (Å²) in [4.78, 5) is 34.8. The van der Waals surface area contributed by atoms with Crippen molar-refractivity contribution in [1.29, 1.82) is 0 Å². The van der Waals surface area contributed by atoms with Crippen molar-refractivity contribution in [2.75, 3.05) is 25.4 Å². The average molecular weight is 585 g/mol. The van der Waals surface area contributed by atoms with Gasteiger partial charge in [-0.3, -0.25) is 9.59 Å². The highest BCUT2D eigenvalue weighted by Gasteiger charge is 2.31. The summed E-state index contributed by atoms with van der Waals surface area (Å²) in [6, 6.07) is 23.3. The number of hydrogen-bond donors (Lipinski definition) is 0. The van der Waals surface area contributed by atoms with Gasteiger partial charge >= 0.3 is 0 Å². The number of halogens is 1. The normalized spacial score (nSPS) is 15.5. The SMILES string of the molecule is Cc1ccccc1C(=O)N1CCN(C(=O)CSc2nnc3c4ccccc4n(Cc4cccc(Cl)c4)c3n2)CC1C. The van der Waals surface area contributed by atoms with Crippen molar-refractivity contribution in [3.63, 3.8) is 0 Å². The van der Waals surface area contributed by atoms with Crippen LogP contribution in [0.1, 0.15) is 28.4 Å². The van der Waals surface area contributed by atoms with Crippen molar-refractivity contribution < 1.29 is 9.59 Å². The van der Waals surface area contributed by atoms with E-state index in [1.165, 1.54) is 11.8 Å². The molecule has 1 fully saturated rings. The fraction of sp³-hybridized carbons (Fsp3) is 0.258. The Morgan fingerprint density at radius 2 is 1.80 bits per heavy atom. The van der Waals surface area contributed by atoms with Crippen molar-refractivity contribution in [1.82, 2.24) is 29.5 Å². The van der Waals surface area contributed by atoms with Crippen LogP contribution in [0.3, 0.4) is 0 Å². The topological polar surface area (TPSA) is 84.2 Å². The first-order valence-corrected chi connectivity index (χ1v) is 14.9. The number of piperazine rings is 1. The number of aromatic nitrogens is 4. The molecule has 10 heteroatoms. The van der Waals surface area contributed by atoms with Gasteiger partial charge < -0.3 is 14.4 Å². The number of nitrogens with zero attached hydrogens (tertiary/aromatic N) is 6. The van der Waals surface area contributed by atoms with Gasteiger partial charge in [-0.05, 0) is 49.2 Å². The van der Waals surface area contributed by atoms with Gasteiger partial charge in [0.15, 0.2) is 5.65 Å². The molecule has 41 heavy (non-hydrogen) atoms. The fourth-order valence-electron chi connectivity index (χ4n) is 5.40. The van der Waals surface area contributed by atoms with Crippen LogP contribution in [0.5, 0.6) is 0 Å². The Labute approximate surface area is 247 Å². The number of benzene rings is 3. The third kappa shape index (κ3) is 5.52. The predicted molar refractivity (Wildman–Crippen MR) is 162 cm³/mol. The summed E-state index contributed by atoms with van der Waals surface area (Å²) in [5, 5.41) is 11.0. The standard InChI is InChI=1S/C31H29ClN6O2S/c1-20-8-3-4-11-24(20)30(40)37-15-14-36(17-21(37)2)27(39)19-41-31-33-29-28(34-35-31)25-12-5-6-13-26(25)38(29)18-22-9-7-10-23(32)16-22/h3-13,16,21H,14-15,17-19H2,1-2H3. The third-order valence-corrected chi connectivity index (χ3v) is 8.58. The monoisotopic (exact) mass is 584 g/mol. The number of thioether (sulfide) groups is 1. The maximum absolute atomic E-state index is 13.2. The molecule has 0 aliphatic carbocycles. The second-order valence-corrected chi connectivity index (χ2v) is 11.7. The van der Waals surface area contributed by atoms with Crippen LogP contribution in [0.15, 0.2) is 78.0 Å². The number of fused-ring (bicyclic) bond motifs is 3. The van der Waals surface area contributed by atoms with E-state index in [9.17, 15) is 9.59 Å². The van der Waals surface area contributed by atoms with E-state index in [1.54, 1.807) is 0 Å². The fourth-order valence-corrected chi connectivity index (χ4v) is 6.30. The molecule has 5 aromatic rings. The van der Waals surface area contributed by atoms with E-state index in [1.807, 2.05) is 96.4 Å². The maximum atomic E-state index is 13.2. The molecule has 1 aliphatic heterocycles. The first kappa shape index (κ1) is 27.2. The van der Waals surface area contributed by atoms with E-state index in [-0.39, 0.29) is 23.6 Å². The van der Waals surface area contributed by atoms with E-state index in [2.05, 4.69) is 14.8 Å². The lowest BCUT2D eigenvalue weighted by molar-refractivity contribution is -0.130. The minimum atomic E-state index is -0.0822. The molecule has 2 aromatic heterocycles. The largest absolute Gasteiger partial charge is 0.338 e. The van der Waals surface area contributed by atoms with Crippen LogP contribution >= 0.6 is 23.4 Å². The van der Waals surface area contributed by atoms with Crippen LogP contribution in [0.25, 0.3) is 22.1 Å². The number of amides is 2. The van der Waals surface area contributed by atoms with E-state index in [0.29, 0.717) is 47.6 Å². The van der Waals surface area contributed by atoms with Crippen LogP contribution in [-0.2, 0) is 11.3 Å². The van der Waals surface area contributed by atoms with Gasteiger partial charge in [-0.2, -0.15) is 0 Å². The Morgan fingerprint density at radius 1 is 1.00 bits per heavy atom. The van der Waals surface area contributed by atoms with Gasteiger partial charge in [0.25, 0.3) is 5.91 Å². The Morgan fingerprint density at radius 3 is 2.61 bits per heavy atom. The number of rotatable bonds is 6. The molecule has 0 saturated carbocycles. The van der Waals surface area contributed by atoms with Gasteiger partial charge in [-0.15, -0.1) is 10.2 Å². The molecule has 0 N–H and O–H groups in total. The molecular formula is C31H29ClN6O2S. The first-order chi connectivity index (χ1) is 19.9. The molecule has 1 saturated heterocycles. The molecule has 0 spiro atoms. The molecule has 6 rings (SSSR count). The molecule has 1 unspecified atom stereocenters. The van der Waals surface area contributed by atoms with E-state index in [4.69, 9.17) is 16.6 Å². The van der Waals surface area contributed by atoms with Gasteiger partial charge in [-0.1, -0.05) is 71.9 Å². The molecule has 1 atom stereocenters. The van der Waals surface area contributed by atoms with Gasteiger partial charge in [0.2, 0.25) is 11.1 Å². The van der Waals surface area contributed by atoms with Crippen molar-refractivity contribution in [3.05, 3.63) is 94.5 Å². The highest BCUT2D eigenvalue weighted by atomic mass is 35.5. The van der Waals surface area contributed by atoms with Gasteiger partial charge in [-0.25, -0.2) is 4.98 Å². The maximum Gasteiger partial charge on any atom is 0.254 e. The van der Waals surface area contributed by atoms with Crippen LogP contribution in [0.4, 0.5) is 0 Å². The minimum absolute atomic E-state index is 0.00647. The molecule has 2 amide bonds. The highest BCUT2D eigenvalue weighted by Crippen LogP contribution is 2.28. The number of carbonyl (C=O) groups is 2. The lowest BCUT2D eigenvalue weighted by atomic mass is 10.1. The van der Waals surface area contributed by atoms with E-state index in [0.717, 1.165) is 27.5 Å². The van der Waals surface area contributed by atoms with Crippen LogP contribution in [0, 0.1) is 6.92 Å². The minimum Gasteiger partial charge on any atom is -0.338 e. The second kappa shape index (κ2) is 11.5. The Kier molecular flexibility index (Phi) is 7.64. The van der Waals surface area contributed by atoms with Gasteiger partial charge in [0.1, 0.15) is 5.52 Å². The van der Waals surface area contributed by atoms with Crippen LogP contribution < -0.4 is 0 Å². The lowest BCUT2D eigenvalue weighted by Gasteiger charge is -2.40. The zero-order valence-electron chi connectivity index (χ0n) is 22.8. The Bertz CT molecular complexity index is 1770. The molecule has 1 aliphatic rings. The second-order valence-electron chi connectivity index (χ2n) is 10.3. The molecule has 3 heterocycles. The van der Waals surface area contributed by atoms with Crippen molar-refractivity contribution in [2.45, 2.75) is 31.6 Å². The van der Waals surface area contributed by atoms with Crippen LogP contribution in [-0.4, -0.2) is 72.8 Å². The number of hydrogen-bond acceptors (Lipinski definition) is 6. The Hall–Kier alpha value is -3.95. The summed E-state index contributed by atoms with van der Waals surface area (Å²) in [5.74, 6) is 0.200. The zero-order chi connectivity index (χ0) is 28.5. The van der Waals surface area contributed by atoms with Gasteiger partial charge in [0, 0.05) is 48.2 Å². The summed E-state index contributed by atoms with van der Waals surface area (Å²) in [5.41, 5.74) is 5.17. The average Bonchev–Trinajstić information content (AvgIpc) is 3.28. The molecule has 3 aromatic carbocycles.